The van der Waals surface area contributed by atoms with Crippen molar-refractivity contribution in [3.05, 3.63) is 41.3 Å². The van der Waals surface area contributed by atoms with Crippen LogP contribution in [-0.4, -0.2) is 9.97 Å². The van der Waals surface area contributed by atoms with Crippen molar-refractivity contribution in [3.8, 4) is 11.3 Å². The van der Waals surface area contributed by atoms with E-state index in [4.69, 9.17) is 10.7 Å². The van der Waals surface area contributed by atoms with Gasteiger partial charge in [-0.05, 0) is 32.3 Å². The molecule has 0 radical (unpaired) electrons. The van der Waals surface area contributed by atoms with Gasteiger partial charge in [0.15, 0.2) is 0 Å². The van der Waals surface area contributed by atoms with Crippen molar-refractivity contribution in [2.24, 2.45) is 5.73 Å². The second-order valence-corrected chi connectivity index (χ2v) is 5.03. The average molecular weight is 227 g/mol. The molecule has 3 heteroatoms. The maximum absolute atomic E-state index is 6.17. The Labute approximate surface area is 101 Å². The molecule has 1 aliphatic carbocycles. The first-order chi connectivity index (χ1) is 8.10. The summed E-state index contributed by atoms with van der Waals surface area (Å²) in [5, 5.41) is 0. The number of H-pyrrole nitrogens is 1. The number of rotatable bonds is 2. The van der Waals surface area contributed by atoms with Crippen LogP contribution in [0.3, 0.4) is 0 Å². The van der Waals surface area contributed by atoms with Gasteiger partial charge in [-0.15, -0.1) is 0 Å². The summed E-state index contributed by atoms with van der Waals surface area (Å²) >= 11 is 0. The van der Waals surface area contributed by atoms with Crippen LogP contribution < -0.4 is 5.73 Å². The van der Waals surface area contributed by atoms with Gasteiger partial charge in [0, 0.05) is 11.3 Å². The lowest BCUT2D eigenvalue weighted by molar-refractivity contribution is 0.684. The molecular weight excluding hydrogens is 210 g/mol. The Balaban J connectivity index is 2.10. The van der Waals surface area contributed by atoms with Gasteiger partial charge in [0.05, 0.1) is 11.2 Å². The van der Waals surface area contributed by atoms with Crippen molar-refractivity contribution < 1.29 is 0 Å². The molecule has 3 N–H and O–H groups in total. The van der Waals surface area contributed by atoms with Gasteiger partial charge in [0.2, 0.25) is 0 Å². The number of nitrogens with zero attached hydrogens (tertiary/aromatic N) is 1. The largest absolute Gasteiger partial charge is 0.344 e. The lowest BCUT2D eigenvalue weighted by Crippen LogP contribution is -2.20. The Morgan fingerprint density at radius 3 is 2.59 bits per heavy atom. The summed E-state index contributed by atoms with van der Waals surface area (Å²) < 4.78 is 0. The van der Waals surface area contributed by atoms with Crippen LogP contribution in [0.4, 0.5) is 0 Å². The van der Waals surface area contributed by atoms with Crippen LogP contribution in [-0.2, 0) is 5.54 Å². The standard InChI is InChI=1S/C14H17N3/c1-9-5-3-4-6-11(9)12-10(2)16-13(17-12)14(15)7-8-14/h3-6H,7-8,15H2,1-2H3,(H,16,17). The first-order valence-corrected chi connectivity index (χ1v) is 6.02. The van der Waals surface area contributed by atoms with E-state index in [0.717, 1.165) is 30.1 Å². The molecule has 0 amide bonds. The maximum atomic E-state index is 6.17. The van der Waals surface area contributed by atoms with Crippen LogP contribution in [0.25, 0.3) is 11.3 Å². The first kappa shape index (κ1) is 10.5. The predicted octanol–water partition coefficient (Wildman–Crippen LogP) is 2.64. The zero-order valence-corrected chi connectivity index (χ0v) is 10.2. The van der Waals surface area contributed by atoms with E-state index in [1.807, 2.05) is 12.1 Å². The second-order valence-electron chi connectivity index (χ2n) is 5.03. The Hall–Kier alpha value is -1.61. The van der Waals surface area contributed by atoms with Gasteiger partial charge in [-0.3, -0.25) is 0 Å². The van der Waals surface area contributed by atoms with Gasteiger partial charge in [0.25, 0.3) is 0 Å². The summed E-state index contributed by atoms with van der Waals surface area (Å²) in [5.74, 6) is 0.938. The summed E-state index contributed by atoms with van der Waals surface area (Å²) in [7, 11) is 0. The second kappa shape index (κ2) is 3.44. The molecule has 1 heterocycles. The van der Waals surface area contributed by atoms with E-state index in [2.05, 4.69) is 31.0 Å². The zero-order valence-electron chi connectivity index (χ0n) is 10.2. The molecule has 1 aromatic heterocycles. The van der Waals surface area contributed by atoms with Crippen LogP contribution >= 0.6 is 0 Å². The number of hydrogen-bond donors (Lipinski definition) is 2. The molecule has 1 aliphatic rings. The van der Waals surface area contributed by atoms with Crippen molar-refractivity contribution in [2.45, 2.75) is 32.2 Å². The Kier molecular flexibility index (Phi) is 2.13. The third kappa shape index (κ3) is 1.67. The quantitative estimate of drug-likeness (QED) is 0.828. The van der Waals surface area contributed by atoms with Crippen molar-refractivity contribution in [2.75, 3.05) is 0 Å². The summed E-state index contributed by atoms with van der Waals surface area (Å²) in [4.78, 5) is 8.03. The normalized spacial score (nSPS) is 17.1. The van der Waals surface area contributed by atoms with Gasteiger partial charge in [-0.1, -0.05) is 24.3 Å². The monoisotopic (exact) mass is 227 g/mol. The molecule has 1 aromatic carbocycles. The van der Waals surface area contributed by atoms with Gasteiger partial charge >= 0.3 is 0 Å². The van der Waals surface area contributed by atoms with E-state index in [9.17, 15) is 0 Å². The SMILES string of the molecule is Cc1ccccc1-c1nc(C2(N)CC2)[nH]c1C. The Morgan fingerprint density at radius 1 is 1.24 bits per heavy atom. The van der Waals surface area contributed by atoms with E-state index in [-0.39, 0.29) is 5.54 Å². The number of aromatic amines is 1. The smallest absolute Gasteiger partial charge is 0.127 e. The lowest BCUT2D eigenvalue weighted by atomic mass is 10.1. The third-order valence-electron chi connectivity index (χ3n) is 3.55. The molecule has 0 spiro atoms. The molecule has 0 aliphatic heterocycles. The molecule has 0 atom stereocenters. The molecule has 3 rings (SSSR count). The van der Waals surface area contributed by atoms with E-state index >= 15 is 0 Å². The lowest BCUT2D eigenvalue weighted by Gasteiger charge is -2.03. The van der Waals surface area contributed by atoms with Crippen molar-refractivity contribution >= 4 is 0 Å². The number of benzene rings is 1. The van der Waals surface area contributed by atoms with Gasteiger partial charge in [0.1, 0.15) is 5.82 Å². The van der Waals surface area contributed by atoms with Crippen molar-refractivity contribution in [1.82, 2.24) is 9.97 Å². The minimum Gasteiger partial charge on any atom is -0.344 e. The topological polar surface area (TPSA) is 54.7 Å². The maximum Gasteiger partial charge on any atom is 0.127 e. The highest BCUT2D eigenvalue weighted by Gasteiger charge is 2.43. The van der Waals surface area contributed by atoms with Gasteiger partial charge < -0.3 is 10.7 Å². The molecule has 2 aromatic rings. The minimum absolute atomic E-state index is 0.189. The summed E-state index contributed by atoms with van der Waals surface area (Å²) in [6.07, 6.45) is 2.07. The van der Waals surface area contributed by atoms with E-state index in [0.29, 0.717) is 0 Å². The molecule has 0 saturated heterocycles. The highest BCUT2D eigenvalue weighted by molar-refractivity contribution is 5.65. The number of imidazole rings is 1. The summed E-state index contributed by atoms with van der Waals surface area (Å²) in [6.45, 7) is 4.17. The molecule has 0 unspecified atom stereocenters. The van der Waals surface area contributed by atoms with E-state index < -0.39 is 0 Å². The molecule has 1 fully saturated rings. The van der Waals surface area contributed by atoms with Crippen LogP contribution in [0.2, 0.25) is 0 Å². The average Bonchev–Trinajstić information content (AvgIpc) is 2.93. The number of hydrogen-bond acceptors (Lipinski definition) is 2. The highest BCUT2D eigenvalue weighted by Crippen LogP contribution is 2.42. The van der Waals surface area contributed by atoms with E-state index in [1.165, 1.54) is 11.1 Å². The fraction of sp³-hybridized carbons (Fsp3) is 0.357. The summed E-state index contributed by atoms with van der Waals surface area (Å²) in [5.41, 5.74) is 10.6. The van der Waals surface area contributed by atoms with Gasteiger partial charge in [-0.2, -0.15) is 0 Å². The fourth-order valence-electron chi connectivity index (χ4n) is 2.17. The number of nitrogens with two attached hydrogens (primary N) is 1. The van der Waals surface area contributed by atoms with Crippen molar-refractivity contribution in [1.29, 1.82) is 0 Å². The fourth-order valence-corrected chi connectivity index (χ4v) is 2.17. The number of aromatic nitrogens is 2. The minimum atomic E-state index is -0.189. The van der Waals surface area contributed by atoms with Crippen LogP contribution in [0.5, 0.6) is 0 Å². The first-order valence-electron chi connectivity index (χ1n) is 6.02. The Bertz CT molecular complexity index is 565. The van der Waals surface area contributed by atoms with Crippen molar-refractivity contribution in [3.63, 3.8) is 0 Å². The van der Waals surface area contributed by atoms with Crippen LogP contribution in [0.15, 0.2) is 24.3 Å². The third-order valence-corrected chi connectivity index (χ3v) is 3.55. The Morgan fingerprint density at radius 2 is 1.94 bits per heavy atom. The summed E-state index contributed by atoms with van der Waals surface area (Å²) in [6, 6.07) is 8.31. The van der Waals surface area contributed by atoms with E-state index in [1.54, 1.807) is 0 Å². The zero-order chi connectivity index (χ0) is 12.0. The molecular formula is C14H17N3. The number of aryl methyl sites for hydroxylation is 2. The molecule has 3 nitrogen and oxygen atoms in total. The predicted molar refractivity (Wildman–Crippen MR) is 68.6 cm³/mol. The number of nitrogens with one attached hydrogen (secondary N) is 1. The van der Waals surface area contributed by atoms with Crippen LogP contribution in [0, 0.1) is 13.8 Å². The molecule has 17 heavy (non-hydrogen) atoms. The van der Waals surface area contributed by atoms with Crippen LogP contribution in [0.1, 0.15) is 29.9 Å². The molecule has 88 valence electrons. The van der Waals surface area contributed by atoms with Gasteiger partial charge in [-0.25, -0.2) is 4.98 Å². The highest BCUT2D eigenvalue weighted by atomic mass is 15.0. The molecule has 0 bridgehead atoms. The molecule has 1 saturated carbocycles.